The van der Waals surface area contributed by atoms with Gasteiger partial charge in [0, 0.05) is 28.3 Å². The monoisotopic (exact) mass is 320 g/mol. The van der Waals surface area contributed by atoms with Gasteiger partial charge in [0.25, 0.3) is 5.91 Å². The molecule has 0 aliphatic heterocycles. The van der Waals surface area contributed by atoms with Crippen LogP contribution in [0.5, 0.6) is 0 Å². The molecule has 0 aromatic carbocycles. The van der Waals surface area contributed by atoms with E-state index in [9.17, 15) is 9.90 Å². The SMILES string of the molecule is C[C@H](O)c1ccc(CCNC(=O)c2noc3c2CCCC3)s1. The smallest absolute Gasteiger partial charge is 0.273 e. The normalized spacial score (nSPS) is 15.4. The minimum atomic E-state index is -0.435. The zero-order valence-electron chi connectivity index (χ0n) is 12.6. The molecule has 0 saturated carbocycles. The molecule has 6 heteroatoms. The largest absolute Gasteiger partial charge is 0.388 e. The van der Waals surface area contributed by atoms with Crippen molar-refractivity contribution in [1.29, 1.82) is 0 Å². The molecule has 1 aliphatic rings. The molecule has 0 radical (unpaired) electrons. The summed E-state index contributed by atoms with van der Waals surface area (Å²) in [6.45, 7) is 2.31. The van der Waals surface area contributed by atoms with Crippen molar-refractivity contribution in [2.24, 2.45) is 0 Å². The van der Waals surface area contributed by atoms with Crippen molar-refractivity contribution in [2.45, 2.75) is 45.1 Å². The molecule has 0 fully saturated rings. The minimum absolute atomic E-state index is 0.154. The first-order valence-electron chi connectivity index (χ1n) is 7.67. The second-order valence-corrected chi connectivity index (χ2v) is 6.83. The molecule has 2 N–H and O–H groups in total. The molecule has 3 rings (SSSR count). The van der Waals surface area contributed by atoms with E-state index in [0.717, 1.165) is 53.2 Å². The first-order chi connectivity index (χ1) is 10.6. The number of rotatable bonds is 5. The molecule has 22 heavy (non-hydrogen) atoms. The lowest BCUT2D eigenvalue weighted by molar-refractivity contribution is 0.0944. The van der Waals surface area contributed by atoms with Crippen molar-refractivity contribution in [3.8, 4) is 0 Å². The van der Waals surface area contributed by atoms with Crippen LogP contribution >= 0.6 is 11.3 Å². The third kappa shape index (κ3) is 3.23. The number of aromatic nitrogens is 1. The van der Waals surface area contributed by atoms with Gasteiger partial charge < -0.3 is 14.9 Å². The molecule has 118 valence electrons. The maximum atomic E-state index is 12.2. The summed E-state index contributed by atoms with van der Waals surface area (Å²) >= 11 is 1.58. The number of aryl methyl sites for hydroxylation is 1. The van der Waals surface area contributed by atoms with E-state index in [0.29, 0.717) is 12.2 Å². The van der Waals surface area contributed by atoms with Gasteiger partial charge in [-0.1, -0.05) is 5.16 Å². The Kier molecular flexibility index (Phi) is 4.59. The maximum Gasteiger partial charge on any atom is 0.273 e. The summed E-state index contributed by atoms with van der Waals surface area (Å²) in [6.07, 6.45) is 4.27. The van der Waals surface area contributed by atoms with E-state index in [1.807, 2.05) is 12.1 Å². The number of aliphatic hydroxyl groups excluding tert-OH is 1. The number of thiophene rings is 1. The number of nitrogens with one attached hydrogen (secondary N) is 1. The molecule has 1 aliphatic carbocycles. The summed E-state index contributed by atoms with van der Waals surface area (Å²) in [6, 6.07) is 3.93. The van der Waals surface area contributed by atoms with E-state index in [4.69, 9.17) is 4.52 Å². The molecular weight excluding hydrogens is 300 g/mol. The lowest BCUT2D eigenvalue weighted by Gasteiger charge is -2.09. The van der Waals surface area contributed by atoms with Crippen LogP contribution in [-0.2, 0) is 19.3 Å². The standard InChI is InChI=1S/C16H20N2O3S/c1-10(19)14-7-6-11(22-14)8-9-17-16(20)15-12-4-2-3-5-13(12)21-18-15/h6-7,10,19H,2-5,8-9H2,1H3,(H,17,20)/t10-/m0/s1. The Bertz CT molecular complexity index is 660. The van der Waals surface area contributed by atoms with Crippen LogP contribution in [0.2, 0.25) is 0 Å². The predicted octanol–water partition coefficient (Wildman–Crippen LogP) is 2.64. The Balaban J connectivity index is 1.55. The molecule has 0 saturated heterocycles. The van der Waals surface area contributed by atoms with Crippen molar-refractivity contribution in [3.63, 3.8) is 0 Å². The van der Waals surface area contributed by atoms with Crippen molar-refractivity contribution >= 4 is 17.2 Å². The molecule has 2 heterocycles. The fourth-order valence-electron chi connectivity index (χ4n) is 2.70. The van der Waals surface area contributed by atoms with E-state index in [1.165, 1.54) is 0 Å². The third-order valence-corrected chi connectivity index (χ3v) is 5.23. The van der Waals surface area contributed by atoms with Crippen molar-refractivity contribution in [2.75, 3.05) is 6.54 Å². The predicted molar refractivity (Wildman–Crippen MR) is 84.1 cm³/mol. The number of carbonyl (C=O) groups excluding carboxylic acids is 1. The summed E-state index contributed by atoms with van der Waals surface area (Å²) in [7, 11) is 0. The topological polar surface area (TPSA) is 75.4 Å². The Hall–Kier alpha value is -1.66. The number of hydrogen-bond acceptors (Lipinski definition) is 5. The van der Waals surface area contributed by atoms with E-state index in [-0.39, 0.29) is 5.91 Å². The Morgan fingerprint density at radius 1 is 1.45 bits per heavy atom. The molecule has 1 amide bonds. The molecular formula is C16H20N2O3S. The van der Waals surface area contributed by atoms with Crippen LogP contribution in [0, 0.1) is 0 Å². The fraction of sp³-hybridized carbons (Fsp3) is 0.500. The summed E-state index contributed by atoms with van der Waals surface area (Å²) in [5.41, 5.74) is 1.43. The van der Waals surface area contributed by atoms with Crippen LogP contribution in [0.1, 0.15) is 57.4 Å². The Labute approximate surface area is 133 Å². The molecule has 5 nitrogen and oxygen atoms in total. The second-order valence-electron chi connectivity index (χ2n) is 5.63. The zero-order valence-corrected chi connectivity index (χ0v) is 13.4. The van der Waals surface area contributed by atoms with Crippen LogP contribution < -0.4 is 5.32 Å². The summed E-state index contributed by atoms with van der Waals surface area (Å²) in [5, 5.41) is 16.3. The highest BCUT2D eigenvalue weighted by Crippen LogP contribution is 2.24. The average Bonchev–Trinajstić information content (AvgIpc) is 3.13. The lowest BCUT2D eigenvalue weighted by Crippen LogP contribution is -2.27. The van der Waals surface area contributed by atoms with E-state index >= 15 is 0 Å². The van der Waals surface area contributed by atoms with Crippen LogP contribution in [-0.4, -0.2) is 22.7 Å². The van der Waals surface area contributed by atoms with Gasteiger partial charge in [-0.3, -0.25) is 4.79 Å². The quantitative estimate of drug-likeness (QED) is 0.888. The number of carbonyl (C=O) groups is 1. The molecule has 0 bridgehead atoms. The Morgan fingerprint density at radius 2 is 2.27 bits per heavy atom. The first-order valence-corrected chi connectivity index (χ1v) is 8.49. The van der Waals surface area contributed by atoms with E-state index in [1.54, 1.807) is 18.3 Å². The van der Waals surface area contributed by atoms with Crippen molar-refractivity contribution in [1.82, 2.24) is 10.5 Å². The molecule has 2 aromatic heterocycles. The maximum absolute atomic E-state index is 12.2. The first kappa shape index (κ1) is 15.2. The highest BCUT2D eigenvalue weighted by molar-refractivity contribution is 7.12. The van der Waals surface area contributed by atoms with Gasteiger partial charge in [-0.05, 0) is 44.7 Å². The number of amides is 1. The van der Waals surface area contributed by atoms with Gasteiger partial charge >= 0.3 is 0 Å². The number of nitrogens with zero attached hydrogens (tertiary/aromatic N) is 1. The highest BCUT2D eigenvalue weighted by Gasteiger charge is 2.23. The molecule has 1 atom stereocenters. The summed E-state index contributed by atoms with van der Waals surface area (Å²) in [5.74, 6) is 0.718. The van der Waals surface area contributed by atoms with Gasteiger partial charge in [0.1, 0.15) is 5.76 Å². The molecule has 2 aromatic rings. The zero-order chi connectivity index (χ0) is 15.5. The van der Waals surface area contributed by atoms with Crippen LogP contribution in [0.4, 0.5) is 0 Å². The van der Waals surface area contributed by atoms with Gasteiger partial charge in [-0.15, -0.1) is 11.3 Å². The molecule has 0 spiro atoms. The van der Waals surface area contributed by atoms with E-state index in [2.05, 4.69) is 10.5 Å². The fourth-order valence-corrected chi connectivity index (χ4v) is 3.65. The highest BCUT2D eigenvalue weighted by atomic mass is 32.1. The van der Waals surface area contributed by atoms with Gasteiger partial charge in [-0.25, -0.2) is 0 Å². The van der Waals surface area contributed by atoms with Crippen molar-refractivity contribution in [3.05, 3.63) is 38.9 Å². The second kappa shape index (κ2) is 6.62. The van der Waals surface area contributed by atoms with Crippen LogP contribution in [0.15, 0.2) is 16.7 Å². The summed E-state index contributed by atoms with van der Waals surface area (Å²) in [4.78, 5) is 14.3. The Morgan fingerprint density at radius 3 is 3.05 bits per heavy atom. The van der Waals surface area contributed by atoms with Gasteiger partial charge in [0.2, 0.25) is 0 Å². The summed E-state index contributed by atoms with van der Waals surface area (Å²) < 4.78 is 5.27. The number of hydrogen-bond donors (Lipinski definition) is 2. The van der Waals surface area contributed by atoms with Gasteiger partial charge in [0.05, 0.1) is 6.10 Å². The number of aliphatic hydroxyl groups is 1. The third-order valence-electron chi connectivity index (χ3n) is 3.92. The van der Waals surface area contributed by atoms with Crippen LogP contribution in [0.25, 0.3) is 0 Å². The number of fused-ring (bicyclic) bond motifs is 1. The van der Waals surface area contributed by atoms with Crippen molar-refractivity contribution < 1.29 is 14.4 Å². The molecule has 0 unspecified atom stereocenters. The van der Waals surface area contributed by atoms with Gasteiger partial charge in [-0.2, -0.15) is 0 Å². The van der Waals surface area contributed by atoms with Crippen LogP contribution in [0.3, 0.4) is 0 Å². The van der Waals surface area contributed by atoms with Gasteiger partial charge in [0.15, 0.2) is 5.69 Å². The minimum Gasteiger partial charge on any atom is -0.388 e. The van der Waals surface area contributed by atoms with E-state index < -0.39 is 6.10 Å². The lowest BCUT2D eigenvalue weighted by atomic mass is 9.96. The average molecular weight is 320 g/mol.